The Kier molecular flexibility index (Phi) is 4.70. The fraction of sp³-hybridized carbons (Fsp3) is 0.333. The molecule has 1 aromatic rings. The van der Waals surface area contributed by atoms with Crippen molar-refractivity contribution in [2.24, 2.45) is 0 Å². The normalized spacial score (nSPS) is 16.8. The van der Waals surface area contributed by atoms with E-state index in [0.717, 1.165) is 9.80 Å². The lowest BCUT2D eigenvalue weighted by molar-refractivity contribution is -0.131. The van der Waals surface area contributed by atoms with Gasteiger partial charge < -0.3 is 14.8 Å². The van der Waals surface area contributed by atoms with Gasteiger partial charge in [0.1, 0.15) is 6.61 Å². The van der Waals surface area contributed by atoms with Crippen LogP contribution in [0.15, 0.2) is 23.1 Å². The lowest BCUT2D eigenvalue weighted by Crippen LogP contribution is -2.35. The predicted molar refractivity (Wildman–Crippen MR) is 83.8 cm³/mol. The molecule has 1 fully saturated rings. The van der Waals surface area contributed by atoms with Gasteiger partial charge in [0, 0.05) is 17.1 Å². The van der Waals surface area contributed by atoms with E-state index in [1.807, 2.05) is 0 Å². The minimum Gasteiger partial charge on any atom is -0.452 e. The second-order valence-electron chi connectivity index (χ2n) is 5.09. The van der Waals surface area contributed by atoms with Crippen molar-refractivity contribution >= 4 is 41.3 Å². The number of amides is 3. The molecule has 126 valence electrons. The second-order valence-corrected chi connectivity index (χ2v) is 6.23. The Balaban J connectivity index is 1.64. The number of hydrogen-bond donors (Lipinski definition) is 1. The Morgan fingerprint density at radius 1 is 1.33 bits per heavy atom. The summed E-state index contributed by atoms with van der Waals surface area (Å²) in [5.74, 6) is -0.788. The third-order valence-electron chi connectivity index (χ3n) is 3.46. The number of esters is 1. The molecule has 0 radical (unpaired) electrons. The number of cyclic esters (lactones) is 1. The summed E-state index contributed by atoms with van der Waals surface area (Å²) in [6.45, 7) is -0.260. The van der Waals surface area contributed by atoms with Crippen molar-refractivity contribution in [3.05, 3.63) is 23.8 Å². The highest BCUT2D eigenvalue weighted by Crippen LogP contribution is 2.31. The number of carbonyl (C=O) groups is 4. The summed E-state index contributed by atoms with van der Waals surface area (Å²) in [4.78, 5) is 48.5. The lowest BCUT2D eigenvalue weighted by Gasteiger charge is -2.12. The molecule has 1 saturated heterocycles. The minimum absolute atomic E-state index is 0.116. The number of imide groups is 1. The smallest absolute Gasteiger partial charge is 0.416 e. The van der Waals surface area contributed by atoms with Gasteiger partial charge in [-0.3, -0.25) is 9.59 Å². The van der Waals surface area contributed by atoms with Crippen LogP contribution in [-0.2, 0) is 19.1 Å². The zero-order valence-corrected chi connectivity index (χ0v) is 13.4. The molecule has 0 spiro atoms. The highest BCUT2D eigenvalue weighted by atomic mass is 32.2. The number of nitrogens with zero attached hydrogens (tertiary/aromatic N) is 1. The van der Waals surface area contributed by atoms with Crippen LogP contribution in [0.1, 0.15) is 16.8 Å². The average molecular weight is 350 g/mol. The number of carbonyl (C=O) groups excluding carboxylic acids is 4. The summed E-state index contributed by atoms with van der Waals surface area (Å²) >= 11 is 1.52. The zero-order valence-electron chi connectivity index (χ0n) is 12.6. The van der Waals surface area contributed by atoms with Gasteiger partial charge in [-0.1, -0.05) is 0 Å². The number of hydrogen-bond acceptors (Lipinski definition) is 7. The molecule has 1 N–H and O–H groups in total. The molecule has 2 aliphatic rings. The summed E-state index contributed by atoms with van der Waals surface area (Å²) in [5.41, 5.74) is 0.764. The van der Waals surface area contributed by atoms with Gasteiger partial charge in [-0.15, -0.1) is 11.8 Å². The summed E-state index contributed by atoms with van der Waals surface area (Å²) in [6.07, 6.45) is -0.333. The topological polar surface area (TPSA) is 102 Å². The number of nitrogens with one attached hydrogen (secondary N) is 1. The van der Waals surface area contributed by atoms with E-state index in [1.165, 1.54) is 17.8 Å². The molecule has 0 aromatic heterocycles. The van der Waals surface area contributed by atoms with Gasteiger partial charge in [-0.2, -0.15) is 0 Å². The molecule has 9 heteroatoms. The highest BCUT2D eigenvalue weighted by molar-refractivity contribution is 7.99. The molecule has 0 aliphatic carbocycles. The van der Waals surface area contributed by atoms with Gasteiger partial charge in [0.25, 0.3) is 5.91 Å². The summed E-state index contributed by atoms with van der Waals surface area (Å²) < 4.78 is 9.59. The molecular formula is C15H14N2O6S. The number of anilines is 1. The Labute approximate surface area is 141 Å². The van der Waals surface area contributed by atoms with E-state index in [1.54, 1.807) is 12.1 Å². The molecule has 2 heterocycles. The van der Waals surface area contributed by atoms with Crippen molar-refractivity contribution in [3.63, 3.8) is 0 Å². The van der Waals surface area contributed by atoms with Crippen molar-refractivity contribution in [1.82, 2.24) is 4.90 Å². The lowest BCUT2D eigenvalue weighted by atomic mass is 10.2. The monoisotopic (exact) mass is 350 g/mol. The van der Waals surface area contributed by atoms with Crippen LogP contribution >= 0.6 is 11.8 Å². The molecule has 0 atom stereocenters. The molecule has 1 aromatic carbocycles. The van der Waals surface area contributed by atoms with E-state index in [0.29, 0.717) is 17.9 Å². The van der Waals surface area contributed by atoms with E-state index in [-0.39, 0.29) is 24.6 Å². The van der Waals surface area contributed by atoms with Crippen molar-refractivity contribution in [2.45, 2.75) is 11.3 Å². The molecule has 8 nitrogen and oxygen atoms in total. The van der Waals surface area contributed by atoms with E-state index >= 15 is 0 Å². The first-order chi connectivity index (χ1) is 11.5. The molecule has 0 saturated carbocycles. The maximum absolute atomic E-state index is 12.1. The first-order valence-corrected chi connectivity index (χ1v) is 8.24. The standard InChI is InChI=1S/C15H14N2O6S/c18-12-3-6-24-11-2-1-9(7-10(11)16-12)14(20)23-8-13(19)17-4-5-22-15(17)21/h1-2,7H,3-6,8H2,(H,16,18). The molecule has 3 rings (SSSR count). The summed E-state index contributed by atoms with van der Waals surface area (Å²) in [5, 5.41) is 2.73. The Hall–Kier alpha value is -2.55. The number of ether oxygens (including phenoxy) is 2. The van der Waals surface area contributed by atoms with Crippen LogP contribution in [0.3, 0.4) is 0 Å². The predicted octanol–water partition coefficient (Wildman–Crippen LogP) is 1.26. The SMILES string of the molecule is O=C1CCSc2ccc(C(=O)OCC(=O)N3CCOC3=O)cc2N1. The van der Waals surface area contributed by atoms with Gasteiger partial charge in [0.15, 0.2) is 6.61 Å². The van der Waals surface area contributed by atoms with E-state index in [2.05, 4.69) is 10.1 Å². The van der Waals surface area contributed by atoms with Crippen LogP contribution in [0.25, 0.3) is 0 Å². The number of benzene rings is 1. The van der Waals surface area contributed by atoms with Gasteiger partial charge in [-0.25, -0.2) is 14.5 Å². The Bertz CT molecular complexity index is 720. The third-order valence-corrected chi connectivity index (χ3v) is 4.54. The molecular weight excluding hydrogens is 336 g/mol. The van der Waals surface area contributed by atoms with Gasteiger partial charge in [0.2, 0.25) is 5.91 Å². The molecule has 24 heavy (non-hydrogen) atoms. The van der Waals surface area contributed by atoms with Crippen molar-refractivity contribution < 1.29 is 28.7 Å². The fourth-order valence-electron chi connectivity index (χ4n) is 2.26. The molecule has 3 amide bonds. The summed E-state index contributed by atoms with van der Waals surface area (Å²) in [7, 11) is 0. The zero-order chi connectivity index (χ0) is 17.1. The number of fused-ring (bicyclic) bond motifs is 1. The largest absolute Gasteiger partial charge is 0.452 e. The maximum Gasteiger partial charge on any atom is 0.416 e. The van der Waals surface area contributed by atoms with E-state index in [4.69, 9.17) is 4.74 Å². The van der Waals surface area contributed by atoms with Gasteiger partial charge in [-0.05, 0) is 18.2 Å². The van der Waals surface area contributed by atoms with Crippen LogP contribution in [0.4, 0.5) is 10.5 Å². The number of thioether (sulfide) groups is 1. The molecule has 0 bridgehead atoms. The Morgan fingerprint density at radius 2 is 2.17 bits per heavy atom. The van der Waals surface area contributed by atoms with Crippen LogP contribution in [0, 0.1) is 0 Å². The van der Waals surface area contributed by atoms with Crippen molar-refractivity contribution in [1.29, 1.82) is 0 Å². The third kappa shape index (κ3) is 3.51. The second kappa shape index (κ2) is 6.91. The van der Waals surface area contributed by atoms with Gasteiger partial charge >= 0.3 is 12.1 Å². The Morgan fingerprint density at radius 3 is 2.92 bits per heavy atom. The van der Waals surface area contributed by atoms with E-state index in [9.17, 15) is 19.2 Å². The van der Waals surface area contributed by atoms with E-state index < -0.39 is 24.6 Å². The summed E-state index contributed by atoms with van der Waals surface area (Å²) in [6, 6.07) is 4.81. The fourth-order valence-corrected chi connectivity index (χ4v) is 3.19. The highest BCUT2D eigenvalue weighted by Gasteiger charge is 2.29. The first-order valence-electron chi connectivity index (χ1n) is 7.25. The van der Waals surface area contributed by atoms with Gasteiger partial charge in [0.05, 0.1) is 17.8 Å². The minimum atomic E-state index is -0.735. The quantitative estimate of drug-likeness (QED) is 0.819. The van der Waals surface area contributed by atoms with Crippen molar-refractivity contribution in [2.75, 3.05) is 30.8 Å². The van der Waals surface area contributed by atoms with Crippen LogP contribution in [0.5, 0.6) is 0 Å². The molecule has 0 unspecified atom stereocenters. The number of rotatable bonds is 3. The van der Waals surface area contributed by atoms with Crippen LogP contribution in [-0.4, -0.2) is 54.3 Å². The maximum atomic E-state index is 12.1. The first kappa shape index (κ1) is 16.3. The average Bonchev–Trinajstić information content (AvgIpc) is 2.90. The molecule has 2 aliphatic heterocycles. The van der Waals surface area contributed by atoms with Crippen LogP contribution in [0.2, 0.25) is 0 Å². The van der Waals surface area contributed by atoms with Crippen LogP contribution < -0.4 is 5.32 Å². The van der Waals surface area contributed by atoms with Crippen molar-refractivity contribution in [3.8, 4) is 0 Å².